The van der Waals surface area contributed by atoms with Crippen LogP contribution in [0.3, 0.4) is 0 Å². The molecule has 2 aromatic rings. The molecule has 3 heterocycles. The molecule has 6 heteroatoms. The average Bonchev–Trinajstić information content (AvgIpc) is 2.95. The van der Waals surface area contributed by atoms with Gasteiger partial charge in [0.05, 0.1) is 11.9 Å². The molecule has 1 aliphatic heterocycles. The van der Waals surface area contributed by atoms with Crippen molar-refractivity contribution in [2.45, 2.75) is 32.2 Å². The second-order valence-corrected chi connectivity index (χ2v) is 8.16. The van der Waals surface area contributed by atoms with Crippen LogP contribution in [-0.2, 0) is 19.4 Å². The summed E-state index contributed by atoms with van der Waals surface area (Å²) in [5.41, 5.74) is 1.35. The van der Waals surface area contributed by atoms with Crippen LogP contribution in [0.4, 0.5) is 0 Å². The lowest BCUT2D eigenvalue weighted by Crippen LogP contribution is -3.27. The van der Waals surface area contributed by atoms with Crippen LogP contribution in [-0.4, -0.2) is 42.7 Å². The number of aromatic amines is 1. The first-order chi connectivity index (χ1) is 11.7. The number of fused-ring (bicyclic) bond motifs is 3. The van der Waals surface area contributed by atoms with E-state index in [1.165, 1.54) is 41.3 Å². The van der Waals surface area contributed by atoms with Crippen LogP contribution < -0.4 is 15.4 Å². The number of thiophene rings is 1. The van der Waals surface area contributed by atoms with Gasteiger partial charge in [-0.15, -0.1) is 11.3 Å². The molecule has 2 aliphatic rings. The summed E-state index contributed by atoms with van der Waals surface area (Å²) in [5, 5.41) is 0.869. The van der Waals surface area contributed by atoms with Crippen LogP contribution in [0.2, 0.25) is 0 Å². The number of aryl methyl sites for hydroxylation is 2. The quantitative estimate of drug-likeness (QED) is 0.644. The van der Waals surface area contributed by atoms with Crippen molar-refractivity contribution in [2.24, 2.45) is 0 Å². The fraction of sp³-hybridized carbons (Fsp3) is 0.556. The van der Waals surface area contributed by atoms with Crippen molar-refractivity contribution in [1.29, 1.82) is 0 Å². The third-order valence-corrected chi connectivity index (χ3v) is 6.57. The molecule has 1 fully saturated rings. The highest BCUT2D eigenvalue weighted by atomic mass is 32.1. The van der Waals surface area contributed by atoms with Gasteiger partial charge in [0.2, 0.25) is 0 Å². The van der Waals surface area contributed by atoms with Gasteiger partial charge in [-0.25, -0.2) is 4.98 Å². The molecule has 0 spiro atoms. The van der Waals surface area contributed by atoms with Crippen molar-refractivity contribution in [1.82, 2.24) is 9.97 Å². The highest BCUT2D eigenvalue weighted by Crippen LogP contribution is 2.33. The van der Waals surface area contributed by atoms with Gasteiger partial charge in [0, 0.05) is 4.88 Å². The Morgan fingerprint density at radius 1 is 1.17 bits per heavy atom. The summed E-state index contributed by atoms with van der Waals surface area (Å²) in [4.78, 5) is 25.9. The molecule has 24 heavy (non-hydrogen) atoms. The van der Waals surface area contributed by atoms with E-state index < -0.39 is 0 Å². The molecule has 0 bridgehead atoms. The SMILES string of the molecule is C=CC[NH+]1CC[NH+](Cc2nc3sc4c(c3c(=O)[nH]2)CCCC4)CC1. The van der Waals surface area contributed by atoms with E-state index in [4.69, 9.17) is 4.98 Å². The molecule has 128 valence electrons. The molecule has 0 amide bonds. The van der Waals surface area contributed by atoms with Gasteiger partial charge in [-0.3, -0.25) is 4.79 Å². The molecule has 0 unspecified atom stereocenters. The van der Waals surface area contributed by atoms with Gasteiger partial charge in [0.25, 0.3) is 5.56 Å². The van der Waals surface area contributed by atoms with Crippen LogP contribution in [0.15, 0.2) is 17.4 Å². The number of H-pyrrole nitrogens is 1. The largest absolute Gasteiger partial charge is 0.322 e. The van der Waals surface area contributed by atoms with Crippen molar-refractivity contribution < 1.29 is 9.80 Å². The van der Waals surface area contributed by atoms with Crippen LogP contribution in [0.1, 0.15) is 29.1 Å². The summed E-state index contributed by atoms with van der Waals surface area (Å²) in [7, 11) is 0. The Hall–Kier alpha value is -1.50. The first-order valence-electron chi connectivity index (χ1n) is 9.06. The second kappa shape index (κ2) is 6.78. The molecular weight excluding hydrogens is 320 g/mol. The van der Waals surface area contributed by atoms with E-state index in [0.29, 0.717) is 0 Å². The molecule has 3 N–H and O–H groups in total. The topological polar surface area (TPSA) is 54.6 Å². The van der Waals surface area contributed by atoms with E-state index in [1.54, 1.807) is 16.2 Å². The van der Waals surface area contributed by atoms with Crippen molar-refractivity contribution >= 4 is 21.6 Å². The average molecular weight is 347 g/mol. The maximum atomic E-state index is 12.6. The van der Waals surface area contributed by atoms with Crippen LogP contribution in [0.25, 0.3) is 10.2 Å². The van der Waals surface area contributed by atoms with Gasteiger partial charge < -0.3 is 14.8 Å². The molecule has 1 aliphatic carbocycles. The summed E-state index contributed by atoms with van der Waals surface area (Å²) < 4.78 is 0. The van der Waals surface area contributed by atoms with Crippen LogP contribution >= 0.6 is 11.3 Å². The van der Waals surface area contributed by atoms with Gasteiger partial charge in [-0.1, -0.05) is 6.58 Å². The fourth-order valence-electron chi connectivity index (χ4n) is 4.07. The fourth-order valence-corrected chi connectivity index (χ4v) is 5.35. The van der Waals surface area contributed by atoms with E-state index in [9.17, 15) is 4.79 Å². The zero-order chi connectivity index (χ0) is 16.5. The minimum Gasteiger partial charge on any atom is -0.322 e. The van der Waals surface area contributed by atoms with Gasteiger partial charge >= 0.3 is 0 Å². The Kier molecular flexibility index (Phi) is 4.52. The molecule has 0 aromatic carbocycles. The predicted molar refractivity (Wildman–Crippen MR) is 97.0 cm³/mol. The Labute approximate surface area is 146 Å². The van der Waals surface area contributed by atoms with Gasteiger partial charge in [0.15, 0.2) is 5.82 Å². The third-order valence-electron chi connectivity index (χ3n) is 5.39. The Morgan fingerprint density at radius 2 is 1.92 bits per heavy atom. The van der Waals surface area contributed by atoms with Crippen LogP contribution in [0.5, 0.6) is 0 Å². The maximum absolute atomic E-state index is 12.6. The zero-order valence-electron chi connectivity index (χ0n) is 14.1. The molecule has 0 radical (unpaired) electrons. The van der Waals surface area contributed by atoms with Gasteiger partial charge in [-0.2, -0.15) is 0 Å². The molecule has 1 saturated heterocycles. The number of hydrogen-bond acceptors (Lipinski definition) is 3. The van der Waals surface area contributed by atoms with Crippen molar-refractivity contribution in [2.75, 3.05) is 32.7 Å². The lowest BCUT2D eigenvalue weighted by Gasteiger charge is -2.28. The lowest BCUT2D eigenvalue weighted by atomic mass is 9.97. The molecular formula is C18H26N4OS+2. The summed E-state index contributed by atoms with van der Waals surface area (Å²) in [6, 6.07) is 0. The smallest absolute Gasteiger partial charge is 0.260 e. The number of rotatable bonds is 4. The summed E-state index contributed by atoms with van der Waals surface area (Å²) in [5.74, 6) is 0.855. The van der Waals surface area contributed by atoms with Crippen molar-refractivity contribution in [3.8, 4) is 0 Å². The van der Waals surface area contributed by atoms with Gasteiger partial charge in [-0.05, 0) is 37.3 Å². The standard InChI is InChI=1S/C18H24N4OS/c1-2-7-21-8-10-22(11-9-21)12-15-19-17(23)16-13-5-3-4-6-14(13)24-18(16)20-15/h2H,1,3-12H2,(H,19,20,23)/p+2. The van der Waals surface area contributed by atoms with E-state index in [0.717, 1.165) is 55.1 Å². The monoisotopic (exact) mass is 346 g/mol. The van der Waals surface area contributed by atoms with Crippen LogP contribution in [0, 0.1) is 0 Å². The minimum atomic E-state index is 0.0738. The normalized spacial score (nSPS) is 24.0. The van der Waals surface area contributed by atoms with Crippen molar-refractivity contribution in [3.63, 3.8) is 0 Å². The highest BCUT2D eigenvalue weighted by molar-refractivity contribution is 7.18. The van der Waals surface area contributed by atoms with E-state index in [1.807, 2.05) is 6.08 Å². The van der Waals surface area contributed by atoms with E-state index in [2.05, 4.69) is 11.6 Å². The Balaban J connectivity index is 1.53. The molecule has 0 atom stereocenters. The zero-order valence-corrected chi connectivity index (χ0v) is 14.9. The summed E-state index contributed by atoms with van der Waals surface area (Å²) in [6.45, 7) is 10.3. The maximum Gasteiger partial charge on any atom is 0.260 e. The first-order valence-corrected chi connectivity index (χ1v) is 9.87. The first kappa shape index (κ1) is 16.0. The predicted octanol–water partition coefficient (Wildman–Crippen LogP) is -0.667. The highest BCUT2D eigenvalue weighted by Gasteiger charge is 2.24. The Morgan fingerprint density at radius 3 is 2.71 bits per heavy atom. The van der Waals surface area contributed by atoms with E-state index >= 15 is 0 Å². The number of quaternary nitrogens is 2. The summed E-state index contributed by atoms with van der Waals surface area (Å²) in [6.07, 6.45) is 6.60. The third kappa shape index (κ3) is 3.06. The molecule has 4 rings (SSSR count). The molecule has 5 nitrogen and oxygen atoms in total. The number of nitrogens with one attached hydrogen (secondary N) is 3. The molecule has 2 aromatic heterocycles. The number of nitrogens with zero attached hydrogens (tertiary/aromatic N) is 1. The lowest BCUT2D eigenvalue weighted by molar-refractivity contribution is -1.02. The van der Waals surface area contributed by atoms with Crippen molar-refractivity contribution in [3.05, 3.63) is 39.3 Å². The second-order valence-electron chi connectivity index (χ2n) is 7.07. The Bertz CT molecular complexity index is 801. The number of hydrogen-bond donors (Lipinski definition) is 3. The minimum absolute atomic E-state index is 0.0738. The van der Waals surface area contributed by atoms with E-state index in [-0.39, 0.29) is 5.56 Å². The number of aromatic nitrogens is 2. The number of piperazine rings is 1. The van der Waals surface area contributed by atoms with Gasteiger partial charge in [0.1, 0.15) is 37.6 Å². The molecule has 0 saturated carbocycles. The summed E-state index contributed by atoms with van der Waals surface area (Å²) >= 11 is 1.74.